The molecule has 1 fully saturated rings. The Hall–Kier alpha value is -2.55. The minimum atomic E-state index is 0.158. The number of piperidine rings is 1. The topological polar surface area (TPSA) is 83.8 Å². The molecule has 3 aromatic rings. The fourth-order valence-electron chi connectivity index (χ4n) is 4.81. The van der Waals surface area contributed by atoms with E-state index in [1.807, 2.05) is 29.3 Å². The summed E-state index contributed by atoms with van der Waals surface area (Å²) in [5.41, 5.74) is 3.85. The average molecular weight is 534 g/mol. The van der Waals surface area contributed by atoms with Crippen molar-refractivity contribution < 1.29 is 9.53 Å². The maximum Gasteiger partial charge on any atom is 0.219 e. The number of halogens is 2. The number of benzene rings is 1. The number of nitrogens with zero attached hydrogens (tertiary/aromatic N) is 4. The van der Waals surface area contributed by atoms with E-state index in [4.69, 9.17) is 38.0 Å². The van der Waals surface area contributed by atoms with Gasteiger partial charge in [-0.1, -0.05) is 30.1 Å². The molecule has 1 aliphatic rings. The van der Waals surface area contributed by atoms with Crippen molar-refractivity contribution in [3.63, 3.8) is 0 Å². The number of likely N-dealkylation sites (tertiary alicyclic amines) is 1. The van der Waals surface area contributed by atoms with Gasteiger partial charge in [0.25, 0.3) is 0 Å². The highest BCUT2D eigenvalue weighted by atomic mass is 35.5. The Balaban J connectivity index is 1.56. The molecule has 1 atom stereocenters. The molecule has 1 aromatic carbocycles. The number of hydrogen-bond acceptors (Lipinski definition) is 6. The Morgan fingerprint density at radius 2 is 1.83 bits per heavy atom. The summed E-state index contributed by atoms with van der Waals surface area (Å²) in [4.78, 5) is 18.3. The summed E-state index contributed by atoms with van der Waals surface area (Å²) in [6.07, 6.45) is 2.92. The summed E-state index contributed by atoms with van der Waals surface area (Å²) in [6.45, 7) is 10.1. The molecule has 8 nitrogen and oxygen atoms in total. The van der Waals surface area contributed by atoms with Gasteiger partial charge in [0.15, 0.2) is 5.65 Å². The third-order valence-electron chi connectivity index (χ3n) is 6.83. The summed E-state index contributed by atoms with van der Waals surface area (Å²) in [5.74, 6) is 1.61. The molecule has 4 rings (SSSR count). The number of aromatic nitrogens is 3. The number of carbonyl (C=O) groups is 1. The van der Waals surface area contributed by atoms with Crippen LogP contribution < -0.4 is 15.4 Å². The van der Waals surface area contributed by atoms with E-state index < -0.39 is 0 Å². The summed E-state index contributed by atoms with van der Waals surface area (Å²) in [7, 11) is 1.58. The van der Waals surface area contributed by atoms with Crippen molar-refractivity contribution in [3.05, 3.63) is 39.6 Å². The zero-order valence-corrected chi connectivity index (χ0v) is 23.0. The number of ether oxygens (including phenoxy) is 1. The molecule has 0 saturated carbocycles. The zero-order chi connectivity index (χ0) is 26.0. The Labute approximate surface area is 222 Å². The van der Waals surface area contributed by atoms with Gasteiger partial charge in [0.05, 0.1) is 28.4 Å². The van der Waals surface area contributed by atoms with Crippen molar-refractivity contribution in [1.82, 2.24) is 24.8 Å². The number of methoxy groups -OCH3 is 1. The van der Waals surface area contributed by atoms with Gasteiger partial charge in [-0.2, -0.15) is 9.61 Å². The van der Waals surface area contributed by atoms with Crippen molar-refractivity contribution >= 4 is 40.6 Å². The van der Waals surface area contributed by atoms with Crippen LogP contribution in [0.2, 0.25) is 10.0 Å². The van der Waals surface area contributed by atoms with Crippen molar-refractivity contribution in [2.75, 3.05) is 32.1 Å². The van der Waals surface area contributed by atoms with Crippen molar-refractivity contribution in [2.24, 2.45) is 0 Å². The molecule has 1 aliphatic heterocycles. The summed E-state index contributed by atoms with van der Waals surface area (Å²) >= 11 is 13.2. The number of fused-ring (bicyclic) bond motifs is 1. The van der Waals surface area contributed by atoms with Crippen LogP contribution in [0.15, 0.2) is 18.2 Å². The van der Waals surface area contributed by atoms with Crippen LogP contribution in [0.5, 0.6) is 5.75 Å². The second-order valence-electron chi connectivity index (χ2n) is 9.38. The first-order valence-electron chi connectivity index (χ1n) is 12.4. The molecule has 1 unspecified atom stereocenters. The molecule has 194 valence electrons. The van der Waals surface area contributed by atoms with Crippen LogP contribution in [-0.2, 0) is 4.79 Å². The van der Waals surface area contributed by atoms with Gasteiger partial charge >= 0.3 is 0 Å². The molecule has 10 heteroatoms. The van der Waals surface area contributed by atoms with E-state index in [1.165, 1.54) is 0 Å². The van der Waals surface area contributed by atoms with Gasteiger partial charge in [-0.3, -0.25) is 4.79 Å². The number of rotatable bonds is 8. The molecule has 0 spiro atoms. The zero-order valence-electron chi connectivity index (χ0n) is 21.5. The highest BCUT2D eigenvalue weighted by Gasteiger charge is 2.24. The SMILES string of the molecule is CCC(CNc1cc(C)nc2c(-c3c(Cl)cc(OC)cc3Cl)c(C)nn12)NC1CCN(C(C)=O)CC1. The molecule has 3 heterocycles. The van der Waals surface area contributed by atoms with Gasteiger partial charge in [0, 0.05) is 56.0 Å². The van der Waals surface area contributed by atoms with Crippen LogP contribution in [0.3, 0.4) is 0 Å². The smallest absolute Gasteiger partial charge is 0.219 e. The minimum absolute atomic E-state index is 0.158. The lowest BCUT2D eigenvalue weighted by molar-refractivity contribution is -0.129. The molecule has 36 heavy (non-hydrogen) atoms. The third kappa shape index (κ3) is 5.56. The van der Waals surface area contributed by atoms with Crippen LogP contribution in [0, 0.1) is 13.8 Å². The number of nitrogens with one attached hydrogen (secondary N) is 2. The summed E-state index contributed by atoms with van der Waals surface area (Å²) in [5, 5.41) is 13.1. The largest absolute Gasteiger partial charge is 0.497 e. The molecule has 1 saturated heterocycles. The van der Waals surface area contributed by atoms with Crippen molar-refractivity contribution in [1.29, 1.82) is 0 Å². The van der Waals surface area contributed by atoms with Gasteiger partial charge in [0.2, 0.25) is 5.91 Å². The van der Waals surface area contributed by atoms with Gasteiger partial charge in [0.1, 0.15) is 11.6 Å². The molecule has 0 radical (unpaired) electrons. The Morgan fingerprint density at radius 1 is 1.17 bits per heavy atom. The molecule has 1 amide bonds. The van der Waals surface area contributed by atoms with E-state index in [0.29, 0.717) is 33.0 Å². The molecule has 2 N–H and O–H groups in total. The highest BCUT2D eigenvalue weighted by molar-refractivity contribution is 6.39. The monoisotopic (exact) mass is 532 g/mol. The fourth-order valence-corrected chi connectivity index (χ4v) is 5.47. The fraction of sp³-hybridized carbons (Fsp3) is 0.500. The van der Waals surface area contributed by atoms with Gasteiger partial charge < -0.3 is 20.3 Å². The quantitative estimate of drug-likeness (QED) is 0.418. The molecular formula is C26H34Cl2N6O2. The first kappa shape index (κ1) is 26.5. The Bertz CT molecular complexity index is 1230. The van der Waals surface area contributed by atoms with E-state index in [2.05, 4.69) is 17.6 Å². The van der Waals surface area contributed by atoms with E-state index in [1.54, 1.807) is 26.2 Å². The maximum atomic E-state index is 11.6. The van der Waals surface area contributed by atoms with Crippen LogP contribution in [0.1, 0.15) is 44.5 Å². The number of anilines is 1. The summed E-state index contributed by atoms with van der Waals surface area (Å²) in [6, 6.07) is 6.19. The number of hydrogen-bond donors (Lipinski definition) is 2. The second-order valence-corrected chi connectivity index (χ2v) is 10.2. The van der Waals surface area contributed by atoms with Crippen molar-refractivity contribution in [3.8, 4) is 16.9 Å². The first-order valence-corrected chi connectivity index (χ1v) is 13.1. The highest BCUT2D eigenvalue weighted by Crippen LogP contribution is 2.41. The molecule has 2 aromatic heterocycles. The minimum Gasteiger partial charge on any atom is -0.497 e. The van der Waals surface area contributed by atoms with E-state index >= 15 is 0 Å². The molecular weight excluding hydrogens is 499 g/mol. The maximum absolute atomic E-state index is 11.6. The van der Waals surface area contributed by atoms with Crippen LogP contribution in [0.4, 0.5) is 5.82 Å². The predicted octanol–water partition coefficient (Wildman–Crippen LogP) is 5.12. The average Bonchev–Trinajstić information content (AvgIpc) is 3.16. The lowest BCUT2D eigenvalue weighted by atomic mass is 10.0. The first-order chi connectivity index (χ1) is 17.2. The number of carbonyl (C=O) groups excluding carboxylic acids is 1. The Morgan fingerprint density at radius 3 is 2.42 bits per heavy atom. The van der Waals surface area contributed by atoms with Crippen molar-refractivity contribution in [2.45, 2.75) is 59.0 Å². The normalized spacial score (nSPS) is 15.4. The van der Waals surface area contributed by atoms with Crippen LogP contribution >= 0.6 is 23.2 Å². The van der Waals surface area contributed by atoms with Gasteiger partial charge in [-0.05, 0) is 45.2 Å². The van der Waals surface area contributed by atoms with E-state index in [0.717, 1.165) is 61.7 Å². The molecule has 0 aliphatic carbocycles. The van der Waals surface area contributed by atoms with Crippen LogP contribution in [-0.4, -0.2) is 64.2 Å². The number of amides is 1. The number of aryl methyl sites for hydroxylation is 2. The standard InChI is InChI=1S/C26H34Cl2N6O2/c1-6-18(31-19-7-9-33(10-8-19)17(4)35)14-29-23-11-15(2)30-26-24(16(3)32-34(23)26)25-21(27)12-20(36-5)13-22(25)28/h11-13,18-19,29,31H,6-10,14H2,1-5H3. The lowest BCUT2D eigenvalue weighted by Gasteiger charge is -2.34. The molecule has 0 bridgehead atoms. The summed E-state index contributed by atoms with van der Waals surface area (Å²) < 4.78 is 7.13. The lowest BCUT2D eigenvalue weighted by Crippen LogP contribution is -2.48. The second kappa shape index (κ2) is 11.2. The van der Waals surface area contributed by atoms with E-state index in [9.17, 15) is 4.79 Å². The predicted molar refractivity (Wildman–Crippen MR) is 145 cm³/mol. The van der Waals surface area contributed by atoms with Crippen LogP contribution in [0.25, 0.3) is 16.8 Å². The third-order valence-corrected chi connectivity index (χ3v) is 7.42. The van der Waals surface area contributed by atoms with E-state index in [-0.39, 0.29) is 11.9 Å². The van der Waals surface area contributed by atoms with Gasteiger partial charge in [-0.15, -0.1) is 0 Å². The Kier molecular flexibility index (Phi) is 8.27. The van der Waals surface area contributed by atoms with Gasteiger partial charge in [-0.25, -0.2) is 4.98 Å².